The Kier molecular flexibility index (Phi) is 2.85. The third-order valence-corrected chi connectivity index (χ3v) is 2.66. The Morgan fingerprint density at radius 3 is 2.64 bits per heavy atom. The van der Waals surface area contributed by atoms with Crippen molar-refractivity contribution in [3.63, 3.8) is 0 Å². The highest BCUT2D eigenvalue weighted by atomic mass is 15.5. The molecule has 0 spiro atoms. The largest absolute Gasteiger partial charge is 0.251 e. The summed E-state index contributed by atoms with van der Waals surface area (Å²) in [5, 5.41) is 2.00. The molecule has 1 N–H and O–H groups in total. The fraction of sp³-hybridized carbons (Fsp3) is 0.500. The van der Waals surface area contributed by atoms with Gasteiger partial charge in [0, 0.05) is 20.6 Å². The minimum Gasteiger partial charge on any atom is -0.251 e. The van der Waals surface area contributed by atoms with Crippen LogP contribution in [0.25, 0.3) is 0 Å². The van der Waals surface area contributed by atoms with Crippen LogP contribution in [0.1, 0.15) is 29.9 Å². The lowest BCUT2D eigenvalue weighted by molar-refractivity contribution is 0.285. The molecule has 0 unspecified atom stereocenters. The van der Waals surface area contributed by atoms with Gasteiger partial charge in [-0.25, -0.2) is 0 Å². The fourth-order valence-electron chi connectivity index (χ4n) is 1.73. The fourth-order valence-corrected chi connectivity index (χ4v) is 1.73. The van der Waals surface area contributed by atoms with Crippen molar-refractivity contribution in [1.82, 2.24) is 10.4 Å². The molecular weight excluding hydrogens is 172 g/mol. The van der Waals surface area contributed by atoms with Crippen molar-refractivity contribution in [2.75, 3.05) is 14.1 Å². The number of nitrogens with zero attached hydrogens (tertiary/aromatic N) is 1. The Hall–Kier alpha value is -0.860. The lowest BCUT2D eigenvalue weighted by Gasteiger charge is -2.14. The van der Waals surface area contributed by atoms with E-state index in [2.05, 4.69) is 29.7 Å². The quantitative estimate of drug-likeness (QED) is 0.732. The molecule has 76 valence electrons. The molecule has 0 atom stereocenters. The van der Waals surface area contributed by atoms with Crippen molar-refractivity contribution in [2.24, 2.45) is 0 Å². The molecule has 2 nitrogen and oxygen atoms in total. The summed E-state index contributed by atoms with van der Waals surface area (Å²) >= 11 is 0. The number of nitrogens with one attached hydrogen (secondary N) is 1. The van der Waals surface area contributed by atoms with Crippen LogP contribution >= 0.6 is 0 Å². The second-order valence-electron chi connectivity index (χ2n) is 4.20. The lowest BCUT2D eigenvalue weighted by atomic mass is 10.0. The maximum absolute atomic E-state index is 3.32. The molecule has 0 saturated heterocycles. The molecule has 1 aliphatic rings. The van der Waals surface area contributed by atoms with Gasteiger partial charge in [0.05, 0.1) is 0 Å². The van der Waals surface area contributed by atoms with Crippen LogP contribution < -0.4 is 5.43 Å². The Balaban J connectivity index is 2.07. The highest BCUT2D eigenvalue weighted by molar-refractivity contribution is 5.32. The number of hydrazine groups is 1. The smallest absolute Gasteiger partial charge is 0.0356 e. The molecule has 2 rings (SSSR count). The van der Waals surface area contributed by atoms with E-state index in [1.807, 2.05) is 19.1 Å². The Morgan fingerprint density at radius 1 is 1.29 bits per heavy atom. The van der Waals surface area contributed by atoms with Gasteiger partial charge >= 0.3 is 0 Å². The van der Waals surface area contributed by atoms with E-state index >= 15 is 0 Å². The zero-order chi connectivity index (χ0) is 9.97. The van der Waals surface area contributed by atoms with E-state index in [0.29, 0.717) is 0 Å². The van der Waals surface area contributed by atoms with E-state index < -0.39 is 0 Å². The summed E-state index contributed by atoms with van der Waals surface area (Å²) in [5.74, 6) is 0.843. The summed E-state index contributed by atoms with van der Waals surface area (Å²) in [6.07, 6.45) is 2.75. The molecule has 1 aromatic carbocycles. The second-order valence-corrected chi connectivity index (χ2v) is 4.20. The van der Waals surface area contributed by atoms with Crippen molar-refractivity contribution in [3.8, 4) is 0 Å². The van der Waals surface area contributed by atoms with Crippen LogP contribution in [-0.4, -0.2) is 19.1 Å². The van der Waals surface area contributed by atoms with E-state index in [0.717, 1.165) is 12.5 Å². The lowest BCUT2D eigenvalue weighted by Crippen LogP contribution is -2.29. The van der Waals surface area contributed by atoms with E-state index in [-0.39, 0.29) is 0 Å². The van der Waals surface area contributed by atoms with Crippen LogP contribution in [0.5, 0.6) is 0 Å². The van der Waals surface area contributed by atoms with Crippen LogP contribution in [0, 0.1) is 0 Å². The predicted octanol–water partition coefficient (Wildman–Crippen LogP) is 2.13. The predicted molar refractivity (Wildman–Crippen MR) is 58.9 cm³/mol. The molecule has 1 aromatic rings. The van der Waals surface area contributed by atoms with Crippen molar-refractivity contribution >= 4 is 0 Å². The van der Waals surface area contributed by atoms with Crippen molar-refractivity contribution in [1.29, 1.82) is 0 Å². The van der Waals surface area contributed by atoms with E-state index in [4.69, 9.17) is 0 Å². The number of rotatable bonds is 4. The minimum atomic E-state index is 0.843. The first-order valence-electron chi connectivity index (χ1n) is 5.26. The Bertz CT molecular complexity index is 303. The first-order chi connectivity index (χ1) is 6.77. The highest BCUT2D eigenvalue weighted by Crippen LogP contribution is 2.41. The summed E-state index contributed by atoms with van der Waals surface area (Å²) < 4.78 is 0. The van der Waals surface area contributed by atoms with E-state index in [1.54, 1.807) is 5.56 Å². The monoisotopic (exact) mass is 190 g/mol. The van der Waals surface area contributed by atoms with E-state index in [9.17, 15) is 0 Å². The maximum Gasteiger partial charge on any atom is 0.0356 e. The summed E-state index contributed by atoms with van der Waals surface area (Å²) in [7, 11) is 4.06. The van der Waals surface area contributed by atoms with Crippen molar-refractivity contribution < 1.29 is 0 Å². The Labute approximate surface area is 85.9 Å². The molecule has 14 heavy (non-hydrogen) atoms. The maximum atomic E-state index is 3.32. The topological polar surface area (TPSA) is 15.3 Å². The van der Waals surface area contributed by atoms with Crippen LogP contribution in [0.2, 0.25) is 0 Å². The third-order valence-electron chi connectivity index (χ3n) is 2.66. The van der Waals surface area contributed by atoms with E-state index in [1.165, 1.54) is 18.4 Å². The zero-order valence-electron chi connectivity index (χ0n) is 8.96. The summed E-state index contributed by atoms with van der Waals surface area (Å²) in [5.41, 5.74) is 6.31. The van der Waals surface area contributed by atoms with Crippen LogP contribution in [0.3, 0.4) is 0 Å². The number of benzene rings is 1. The van der Waals surface area contributed by atoms with Gasteiger partial charge in [-0.05, 0) is 29.9 Å². The van der Waals surface area contributed by atoms with Gasteiger partial charge in [0.25, 0.3) is 0 Å². The van der Waals surface area contributed by atoms with Crippen molar-refractivity contribution in [3.05, 3.63) is 35.4 Å². The third kappa shape index (κ3) is 2.34. The number of hydrogen-bond acceptors (Lipinski definition) is 2. The van der Waals surface area contributed by atoms with Gasteiger partial charge in [0.1, 0.15) is 0 Å². The standard InChI is InChI=1S/C12H18N2/c1-14(2)13-9-11-5-3-4-6-12(11)10-7-8-10/h3-6,10,13H,7-9H2,1-2H3. The molecule has 0 amide bonds. The highest BCUT2D eigenvalue weighted by Gasteiger charge is 2.25. The molecule has 0 bridgehead atoms. The molecule has 1 aliphatic carbocycles. The molecule has 1 saturated carbocycles. The summed E-state index contributed by atoms with van der Waals surface area (Å²) in [6, 6.07) is 8.76. The number of hydrogen-bond donors (Lipinski definition) is 1. The van der Waals surface area contributed by atoms with Gasteiger partial charge in [-0.1, -0.05) is 24.3 Å². The first-order valence-corrected chi connectivity index (χ1v) is 5.26. The average Bonchev–Trinajstić information content (AvgIpc) is 2.98. The second kappa shape index (κ2) is 4.11. The van der Waals surface area contributed by atoms with Crippen molar-refractivity contribution in [2.45, 2.75) is 25.3 Å². The molecule has 2 heteroatoms. The van der Waals surface area contributed by atoms with Gasteiger partial charge in [-0.3, -0.25) is 10.4 Å². The van der Waals surface area contributed by atoms with Crippen LogP contribution in [0.4, 0.5) is 0 Å². The average molecular weight is 190 g/mol. The Morgan fingerprint density at radius 2 is 2.00 bits per heavy atom. The SMILES string of the molecule is CN(C)NCc1ccccc1C1CC1. The van der Waals surface area contributed by atoms with Gasteiger partial charge in [0.2, 0.25) is 0 Å². The molecule has 0 heterocycles. The van der Waals surface area contributed by atoms with Gasteiger partial charge < -0.3 is 0 Å². The van der Waals surface area contributed by atoms with Crippen LogP contribution in [-0.2, 0) is 6.54 Å². The molecule has 0 aliphatic heterocycles. The molecule has 0 radical (unpaired) electrons. The van der Waals surface area contributed by atoms with Gasteiger partial charge in [-0.15, -0.1) is 0 Å². The summed E-state index contributed by atoms with van der Waals surface area (Å²) in [4.78, 5) is 0. The minimum absolute atomic E-state index is 0.843. The summed E-state index contributed by atoms with van der Waals surface area (Å²) in [6.45, 7) is 0.944. The van der Waals surface area contributed by atoms with Gasteiger partial charge in [0.15, 0.2) is 0 Å². The molecular formula is C12H18N2. The zero-order valence-corrected chi connectivity index (χ0v) is 8.96. The van der Waals surface area contributed by atoms with Gasteiger partial charge in [-0.2, -0.15) is 0 Å². The molecule has 0 aromatic heterocycles. The normalized spacial score (nSPS) is 16.2. The first kappa shape index (κ1) is 9.69. The van der Waals surface area contributed by atoms with Crippen LogP contribution in [0.15, 0.2) is 24.3 Å². The molecule has 1 fully saturated rings.